The molecule has 0 fully saturated rings. The molecule has 2 N–H and O–H groups in total. The van der Waals surface area contributed by atoms with Crippen molar-refractivity contribution in [2.24, 2.45) is 0 Å². The highest BCUT2D eigenvalue weighted by molar-refractivity contribution is 9.10. The van der Waals surface area contributed by atoms with Crippen LogP contribution in [-0.2, 0) is 0 Å². The third-order valence-corrected chi connectivity index (χ3v) is 2.63. The molecule has 0 heterocycles. The summed E-state index contributed by atoms with van der Waals surface area (Å²) in [5.41, 5.74) is 6.32. The predicted octanol–water partition coefficient (Wildman–Crippen LogP) is 3.32. The Morgan fingerprint density at radius 1 is 1.15 bits per heavy atom. The minimum atomic E-state index is -0.245. The largest absolute Gasteiger partial charge is 0.398 e. The van der Waals surface area contributed by atoms with Crippen molar-refractivity contribution in [1.82, 2.24) is 0 Å². The van der Waals surface area contributed by atoms with Crippen molar-refractivity contribution in [2.45, 2.75) is 0 Å². The van der Waals surface area contributed by atoms with Crippen LogP contribution in [0.15, 0.2) is 34.8 Å². The van der Waals surface area contributed by atoms with Crippen molar-refractivity contribution < 1.29 is 4.39 Å². The van der Waals surface area contributed by atoms with Crippen LogP contribution in [0.4, 0.5) is 10.1 Å². The number of fused-ring (bicyclic) bond motifs is 1. The average molecular weight is 240 g/mol. The quantitative estimate of drug-likeness (QED) is 0.702. The van der Waals surface area contributed by atoms with Gasteiger partial charge in [0.2, 0.25) is 0 Å². The van der Waals surface area contributed by atoms with E-state index in [4.69, 9.17) is 5.73 Å². The van der Waals surface area contributed by atoms with E-state index in [1.54, 1.807) is 18.2 Å². The van der Waals surface area contributed by atoms with Crippen LogP contribution in [0.25, 0.3) is 10.8 Å². The Morgan fingerprint density at radius 3 is 2.62 bits per heavy atom. The molecule has 0 spiro atoms. The Hall–Kier alpha value is -1.09. The third-order valence-electron chi connectivity index (χ3n) is 1.97. The van der Waals surface area contributed by atoms with Gasteiger partial charge in [0, 0.05) is 20.9 Å². The van der Waals surface area contributed by atoms with Crippen molar-refractivity contribution in [3.05, 3.63) is 40.6 Å². The maximum Gasteiger partial charge on any atom is 0.131 e. The van der Waals surface area contributed by atoms with E-state index < -0.39 is 0 Å². The fourth-order valence-electron chi connectivity index (χ4n) is 1.35. The van der Waals surface area contributed by atoms with Crippen LogP contribution in [0.5, 0.6) is 0 Å². The Kier molecular flexibility index (Phi) is 1.96. The molecular weight excluding hydrogens is 233 g/mol. The molecule has 0 aliphatic heterocycles. The highest BCUT2D eigenvalue weighted by Crippen LogP contribution is 2.30. The zero-order valence-electron chi connectivity index (χ0n) is 6.72. The van der Waals surface area contributed by atoms with Crippen LogP contribution in [0, 0.1) is 5.82 Å². The maximum absolute atomic E-state index is 13.3. The lowest BCUT2D eigenvalue weighted by molar-refractivity contribution is 0.640. The van der Waals surface area contributed by atoms with Crippen molar-refractivity contribution in [1.29, 1.82) is 0 Å². The lowest BCUT2D eigenvalue weighted by atomic mass is 10.1. The lowest BCUT2D eigenvalue weighted by Crippen LogP contribution is -1.89. The van der Waals surface area contributed by atoms with Gasteiger partial charge in [-0.15, -0.1) is 0 Å². The second-order valence-electron chi connectivity index (χ2n) is 2.80. The third kappa shape index (κ3) is 1.29. The van der Waals surface area contributed by atoms with Gasteiger partial charge in [0.15, 0.2) is 0 Å². The molecule has 13 heavy (non-hydrogen) atoms. The zero-order valence-corrected chi connectivity index (χ0v) is 8.31. The molecule has 0 saturated heterocycles. The van der Waals surface area contributed by atoms with Gasteiger partial charge in [-0.25, -0.2) is 4.39 Å². The number of hydrogen-bond acceptors (Lipinski definition) is 1. The Bertz CT molecular complexity index is 459. The summed E-state index contributed by atoms with van der Waals surface area (Å²) in [6.07, 6.45) is 0. The average Bonchev–Trinajstić information content (AvgIpc) is 2.12. The van der Waals surface area contributed by atoms with Gasteiger partial charge in [-0.05, 0) is 18.2 Å². The van der Waals surface area contributed by atoms with Gasteiger partial charge in [0.1, 0.15) is 5.82 Å². The summed E-state index contributed by atoms with van der Waals surface area (Å²) in [5.74, 6) is -0.245. The molecule has 0 radical (unpaired) electrons. The highest BCUT2D eigenvalue weighted by Gasteiger charge is 2.05. The number of nitrogens with two attached hydrogens (primary N) is 1. The summed E-state index contributed by atoms with van der Waals surface area (Å²) >= 11 is 3.34. The Balaban J connectivity index is 3.00. The topological polar surface area (TPSA) is 26.0 Å². The molecule has 0 amide bonds. The smallest absolute Gasteiger partial charge is 0.131 e. The van der Waals surface area contributed by atoms with Crippen molar-refractivity contribution in [3.8, 4) is 0 Å². The molecular formula is C10H7BrFN. The fraction of sp³-hybridized carbons (Fsp3) is 0. The second kappa shape index (κ2) is 3.00. The van der Waals surface area contributed by atoms with Crippen molar-refractivity contribution >= 4 is 32.4 Å². The first kappa shape index (κ1) is 8.51. The first-order valence-electron chi connectivity index (χ1n) is 3.82. The van der Waals surface area contributed by atoms with Gasteiger partial charge < -0.3 is 5.73 Å². The maximum atomic E-state index is 13.3. The Morgan fingerprint density at radius 2 is 1.92 bits per heavy atom. The molecule has 0 aliphatic carbocycles. The SMILES string of the molecule is Nc1ccc(F)c2cccc(Br)c12. The number of hydrogen-bond donors (Lipinski definition) is 1. The fourth-order valence-corrected chi connectivity index (χ4v) is 1.95. The molecule has 0 aliphatic rings. The van der Waals surface area contributed by atoms with Gasteiger partial charge in [-0.2, -0.15) is 0 Å². The van der Waals surface area contributed by atoms with E-state index in [9.17, 15) is 4.39 Å². The summed E-state index contributed by atoms with van der Waals surface area (Å²) in [6, 6.07) is 8.30. The van der Waals surface area contributed by atoms with E-state index in [-0.39, 0.29) is 5.82 Å². The van der Waals surface area contributed by atoms with Gasteiger partial charge in [0.25, 0.3) is 0 Å². The van der Waals surface area contributed by atoms with Crippen LogP contribution in [-0.4, -0.2) is 0 Å². The Labute approximate surface area is 83.5 Å². The molecule has 0 aromatic heterocycles. The zero-order chi connectivity index (χ0) is 9.42. The molecule has 0 saturated carbocycles. The normalized spacial score (nSPS) is 10.6. The molecule has 1 nitrogen and oxygen atoms in total. The van der Waals surface area contributed by atoms with Gasteiger partial charge in [0.05, 0.1) is 0 Å². The van der Waals surface area contributed by atoms with E-state index in [0.29, 0.717) is 11.1 Å². The standard InChI is InChI=1S/C10H7BrFN/c11-7-3-1-2-6-8(12)4-5-9(13)10(6)7/h1-5H,13H2. The lowest BCUT2D eigenvalue weighted by Gasteiger charge is -2.04. The van der Waals surface area contributed by atoms with Crippen molar-refractivity contribution in [2.75, 3.05) is 5.73 Å². The summed E-state index contributed by atoms with van der Waals surface area (Å²) in [4.78, 5) is 0. The first-order chi connectivity index (χ1) is 6.20. The van der Waals surface area contributed by atoms with E-state index in [0.717, 1.165) is 9.86 Å². The number of rotatable bonds is 0. The molecule has 0 atom stereocenters. The number of anilines is 1. The summed E-state index contributed by atoms with van der Waals surface area (Å²) in [7, 11) is 0. The molecule has 3 heteroatoms. The summed E-state index contributed by atoms with van der Waals surface area (Å²) in [6.45, 7) is 0. The number of halogens is 2. The van der Waals surface area contributed by atoms with Gasteiger partial charge >= 0.3 is 0 Å². The van der Waals surface area contributed by atoms with Crippen molar-refractivity contribution in [3.63, 3.8) is 0 Å². The molecule has 2 aromatic rings. The summed E-state index contributed by atoms with van der Waals surface area (Å²) < 4.78 is 14.1. The van der Waals surface area contributed by atoms with E-state index in [1.807, 2.05) is 6.07 Å². The first-order valence-corrected chi connectivity index (χ1v) is 4.61. The monoisotopic (exact) mass is 239 g/mol. The molecule has 0 unspecified atom stereocenters. The van der Waals surface area contributed by atoms with E-state index in [1.165, 1.54) is 6.07 Å². The highest BCUT2D eigenvalue weighted by atomic mass is 79.9. The van der Waals surface area contributed by atoms with Gasteiger partial charge in [-0.1, -0.05) is 28.1 Å². The second-order valence-corrected chi connectivity index (χ2v) is 3.65. The molecule has 66 valence electrons. The summed E-state index contributed by atoms with van der Waals surface area (Å²) in [5, 5.41) is 1.29. The van der Waals surface area contributed by atoms with E-state index >= 15 is 0 Å². The van der Waals surface area contributed by atoms with Crippen LogP contribution in [0.3, 0.4) is 0 Å². The molecule has 2 aromatic carbocycles. The number of benzene rings is 2. The number of nitrogen functional groups attached to an aromatic ring is 1. The van der Waals surface area contributed by atoms with Crippen LogP contribution in [0.1, 0.15) is 0 Å². The molecule has 2 rings (SSSR count). The van der Waals surface area contributed by atoms with E-state index in [2.05, 4.69) is 15.9 Å². The van der Waals surface area contributed by atoms with Gasteiger partial charge in [-0.3, -0.25) is 0 Å². The predicted molar refractivity (Wildman–Crippen MR) is 56.0 cm³/mol. The minimum Gasteiger partial charge on any atom is -0.398 e. The minimum absolute atomic E-state index is 0.245. The van der Waals surface area contributed by atoms with Crippen LogP contribution in [0.2, 0.25) is 0 Å². The molecule has 0 bridgehead atoms. The van der Waals surface area contributed by atoms with Crippen LogP contribution < -0.4 is 5.73 Å². The van der Waals surface area contributed by atoms with Crippen LogP contribution >= 0.6 is 15.9 Å².